The summed E-state index contributed by atoms with van der Waals surface area (Å²) in [6.07, 6.45) is 5.84. The Labute approximate surface area is 215 Å². The van der Waals surface area contributed by atoms with Gasteiger partial charge in [-0.3, -0.25) is 14.7 Å². The first-order valence-electron chi connectivity index (χ1n) is 11.6. The highest BCUT2D eigenvalue weighted by atomic mass is 35.5. The lowest BCUT2D eigenvalue weighted by molar-refractivity contribution is -0.191. The molecule has 2 N–H and O–H groups in total. The molecular weight excluding hydrogens is 498 g/mol. The summed E-state index contributed by atoms with van der Waals surface area (Å²) >= 11 is 6.28. The van der Waals surface area contributed by atoms with Gasteiger partial charge < -0.3 is 14.8 Å². The van der Waals surface area contributed by atoms with E-state index in [1.165, 1.54) is 0 Å². The molecule has 1 aromatic carbocycles. The molecule has 0 spiro atoms. The number of rotatable bonds is 4. The van der Waals surface area contributed by atoms with E-state index in [9.17, 15) is 9.59 Å². The first-order chi connectivity index (χ1) is 17.9. The van der Waals surface area contributed by atoms with Crippen LogP contribution >= 0.6 is 11.6 Å². The highest BCUT2D eigenvalue weighted by Crippen LogP contribution is 2.49. The quantitative estimate of drug-likeness (QED) is 0.421. The number of halogens is 1. The van der Waals surface area contributed by atoms with E-state index >= 15 is 0 Å². The third-order valence-corrected chi connectivity index (χ3v) is 7.25. The molecule has 3 aromatic heterocycles. The third-order valence-electron chi connectivity index (χ3n) is 6.92. The van der Waals surface area contributed by atoms with Gasteiger partial charge in [0.15, 0.2) is 11.5 Å². The minimum absolute atomic E-state index is 0.137. The summed E-state index contributed by atoms with van der Waals surface area (Å²) < 4.78 is 0. The van der Waals surface area contributed by atoms with Crippen LogP contribution in [0.3, 0.4) is 0 Å². The van der Waals surface area contributed by atoms with Crippen LogP contribution in [-0.4, -0.2) is 66.5 Å². The van der Waals surface area contributed by atoms with Gasteiger partial charge in [-0.1, -0.05) is 17.7 Å². The summed E-state index contributed by atoms with van der Waals surface area (Å²) in [5.74, 6) is 0.306. The molecule has 2 amide bonds. The number of fused-ring (bicyclic) bond motifs is 2. The van der Waals surface area contributed by atoms with Crippen molar-refractivity contribution in [1.29, 1.82) is 0 Å². The predicted octanol–water partition coefficient (Wildman–Crippen LogP) is 2.71. The number of nitrogens with one attached hydrogen (secondary N) is 2. The molecule has 37 heavy (non-hydrogen) atoms. The monoisotopic (exact) mass is 519 g/mol. The van der Waals surface area contributed by atoms with Crippen LogP contribution < -0.4 is 0 Å². The van der Waals surface area contributed by atoms with Gasteiger partial charge in [0.25, 0.3) is 11.8 Å². The zero-order valence-electron chi connectivity index (χ0n) is 19.8. The molecule has 1 fully saturated rings. The minimum atomic E-state index is -0.502. The Morgan fingerprint density at radius 3 is 2.57 bits per heavy atom. The molecule has 0 radical (unpaired) electrons. The standard InChI is InChI=1S/C24H22ClN7O2.CO2/c1-31(24(7-8-24)23-26-9-3-10-27-23)22(34)20-15-13-32(11-6-18(15)29-30-20)21(33)19-12-14-16(25)4-2-5-17(14)28-19;2-1-3/h2-5,9-10,12,28H,6-8,11,13H2,1H3,(H,29,30);. The van der Waals surface area contributed by atoms with E-state index in [0.29, 0.717) is 41.7 Å². The lowest BCUT2D eigenvalue weighted by atomic mass is 10.0. The van der Waals surface area contributed by atoms with E-state index in [4.69, 9.17) is 21.2 Å². The van der Waals surface area contributed by atoms with Gasteiger partial charge in [0, 0.05) is 59.6 Å². The fourth-order valence-electron chi connectivity index (χ4n) is 4.77. The molecule has 6 rings (SSSR count). The van der Waals surface area contributed by atoms with Gasteiger partial charge >= 0.3 is 6.15 Å². The van der Waals surface area contributed by atoms with E-state index in [1.807, 2.05) is 12.1 Å². The SMILES string of the molecule is CN(C(=O)c1n[nH]c2c1CN(C(=O)c1cc3c(Cl)cccc3[nH]1)CC2)C1(c2ncccn2)CC1.O=C=O. The first-order valence-corrected chi connectivity index (χ1v) is 11.9. The second-order valence-electron chi connectivity index (χ2n) is 8.94. The Hall–Kier alpha value is -4.34. The van der Waals surface area contributed by atoms with Crippen molar-refractivity contribution in [1.82, 2.24) is 34.9 Å². The number of hydrogen-bond donors (Lipinski definition) is 2. The number of aromatic amines is 2. The number of H-pyrrole nitrogens is 2. The Morgan fingerprint density at radius 1 is 1.16 bits per heavy atom. The van der Waals surface area contributed by atoms with Crippen molar-refractivity contribution < 1.29 is 19.2 Å². The molecule has 0 bridgehead atoms. The van der Waals surface area contributed by atoms with Crippen molar-refractivity contribution >= 4 is 40.5 Å². The molecule has 188 valence electrons. The molecule has 11 nitrogen and oxygen atoms in total. The zero-order chi connectivity index (χ0) is 26.2. The fourth-order valence-corrected chi connectivity index (χ4v) is 5.00. The first kappa shape index (κ1) is 24.4. The number of nitrogens with zero attached hydrogens (tertiary/aromatic N) is 5. The van der Waals surface area contributed by atoms with Crippen molar-refractivity contribution in [3.8, 4) is 0 Å². The second-order valence-corrected chi connectivity index (χ2v) is 9.35. The number of amides is 2. The molecule has 1 aliphatic carbocycles. The van der Waals surface area contributed by atoms with Crippen molar-refractivity contribution in [3.05, 3.63) is 76.2 Å². The summed E-state index contributed by atoms with van der Waals surface area (Å²) in [7, 11) is 1.77. The van der Waals surface area contributed by atoms with Gasteiger partial charge in [0.1, 0.15) is 11.2 Å². The smallest absolute Gasteiger partial charge is 0.350 e. The lowest BCUT2D eigenvalue weighted by Crippen LogP contribution is -2.40. The Kier molecular flexibility index (Phi) is 6.32. The van der Waals surface area contributed by atoms with E-state index in [-0.39, 0.29) is 18.0 Å². The average Bonchev–Trinajstić information content (AvgIpc) is 3.43. The second kappa shape index (κ2) is 9.61. The van der Waals surface area contributed by atoms with Crippen LogP contribution in [0.1, 0.15) is 50.9 Å². The average molecular weight is 520 g/mol. The van der Waals surface area contributed by atoms with Crippen LogP contribution in [0.5, 0.6) is 0 Å². The number of benzene rings is 1. The highest BCUT2D eigenvalue weighted by molar-refractivity contribution is 6.35. The molecule has 0 unspecified atom stereocenters. The van der Waals surface area contributed by atoms with Gasteiger partial charge in [0.2, 0.25) is 0 Å². The molecule has 12 heteroatoms. The minimum Gasteiger partial charge on any atom is -0.350 e. The van der Waals surface area contributed by atoms with Gasteiger partial charge in [-0.25, -0.2) is 9.97 Å². The summed E-state index contributed by atoms with van der Waals surface area (Å²) in [4.78, 5) is 58.4. The third kappa shape index (κ3) is 4.28. The summed E-state index contributed by atoms with van der Waals surface area (Å²) in [6, 6.07) is 9.07. The number of carbonyl (C=O) groups is 2. The lowest BCUT2D eigenvalue weighted by Gasteiger charge is -2.29. The molecule has 1 aliphatic heterocycles. The van der Waals surface area contributed by atoms with Crippen molar-refractivity contribution in [2.75, 3.05) is 13.6 Å². The van der Waals surface area contributed by atoms with E-state index < -0.39 is 5.54 Å². The van der Waals surface area contributed by atoms with Crippen LogP contribution in [0, 0.1) is 0 Å². The van der Waals surface area contributed by atoms with Crippen molar-refractivity contribution in [2.45, 2.75) is 31.3 Å². The van der Waals surface area contributed by atoms with Gasteiger partial charge in [-0.2, -0.15) is 14.7 Å². The highest BCUT2D eigenvalue weighted by Gasteiger charge is 2.53. The zero-order valence-corrected chi connectivity index (χ0v) is 20.6. The topological polar surface area (TPSA) is 145 Å². The Balaban J connectivity index is 0.000000892. The molecule has 4 heterocycles. The van der Waals surface area contributed by atoms with Crippen LogP contribution in [0.2, 0.25) is 5.02 Å². The van der Waals surface area contributed by atoms with Crippen LogP contribution in [-0.2, 0) is 28.1 Å². The maximum absolute atomic E-state index is 13.5. The Morgan fingerprint density at radius 2 is 1.89 bits per heavy atom. The van der Waals surface area contributed by atoms with Crippen LogP contribution in [0.25, 0.3) is 10.9 Å². The van der Waals surface area contributed by atoms with Gasteiger partial charge in [-0.15, -0.1) is 0 Å². The number of aromatic nitrogens is 5. The normalized spacial score (nSPS) is 15.2. The summed E-state index contributed by atoms with van der Waals surface area (Å²) in [5, 5.41) is 8.76. The predicted molar refractivity (Wildman–Crippen MR) is 130 cm³/mol. The van der Waals surface area contributed by atoms with Crippen LogP contribution in [0.4, 0.5) is 0 Å². The van der Waals surface area contributed by atoms with E-state index in [0.717, 1.165) is 35.0 Å². The van der Waals surface area contributed by atoms with E-state index in [1.54, 1.807) is 47.4 Å². The van der Waals surface area contributed by atoms with E-state index in [2.05, 4.69) is 25.1 Å². The molecule has 2 aliphatic rings. The molecule has 1 saturated carbocycles. The molecule has 0 saturated heterocycles. The number of carbonyl (C=O) groups excluding carboxylic acids is 4. The van der Waals surface area contributed by atoms with Crippen LogP contribution in [0.15, 0.2) is 42.7 Å². The Bertz CT molecular complexity index is 1520. The fraction of sp³-hybridized carbons (Fsp3) is 0.280. The molecule has 0 atom stereocenters. The maximum atomic E-state index is 13.5. The van der Waals surface area contributed by atoms with Crippen molar-refractivity contribution in [3.63, 3.8) is 0 Å². The molecule has 4 aromatic rings. The summed E-state index contributed by atoms with van der Waals surface area (Å²) in [6.45, 7) is 0.833. The van der Waals surface area contributed by atoms with Crippen molar-refractivity contribution in [2.24, 2.45) is 0 Å². The number of hydrogen-bond acceptors (Lipinski definition) is 7. The molecular formula is C25H22ClN7O4. The summed E-state index contributed by atoms with van der Waals surface area (Å²) in [5.41, 5.74) is 2.77. The van der Waals surface area contributed by atoms with Gasteiger partial charge in [0.05, 0.1) is 6.54 Å². The van der Waals surface area contributed by atoms with Gasteiger partial charge in [-0.05, 0) is 37.1 Å². The maximum Gasteiger partial charge on any atom is 0.373 e. The largest absolute Gasteiger partial charge is 0.373 e.